The minimum absolute atomic E-state index is 0.194. The Morgan fingerprint density at radius 1 is 1.42 bits per heavy atom. The van der Waals surface area contributed by atoms with Gasteiger partial charge in [0.15, 0.2) is 0 Å². The van der Waals surface area contributed by atoms with Crippen molar-refractivity contribution >= 4 is 12.0 Å². The lowest BCUT2D eigenvalue weighted by Crippen LogP contribution is -2.46. The van der Waals surface area contributed by atoms with Gasteiger partial charge in [-0.2, -0.15) is 0 Å². The molecule has 0 spiro atoms. The van der Waals surface area contributed by atoms with Crippen LogP contribution < -0.4 is 5.32 Å². The third-order valence-corrected chi connectivity index (χ3v) is 2.79. The van der Waals surface area contributed by atoms with Gasteiger partial charge >= 0.3 is 12.0 Å². The van der Waals surface area contributed by atoms with Gasteiger partial charge in [0.2, 0.25) is 0 Å². The number of rotatable bonds is 5. The number of carboxylic acid groups (broad SMARTS) is 1. The van der Waals surface area contributed by atoms with Crippen LogP contribution in [0.5, 0.6) is 0 Å². The Balaban J connectivity index is 2.65. The molecule has 0 saturated heterocycles. The van der Waals surface area contributed by atoms with E-state index in [1.807, 2.05) is 0 Å². The molecule has 0 aliphatic heterocycles. The lowest BCUT2D eigenvalue weighted by molar-refractivity contribution is -0.138. The van der Waals surface area contributed by atoms with Gasteiger partial charge < -0.3 is 19.8 Å². The summed E-state index contributed by atoms with van der Waals surface area (Å²) in [5.41, 5.74) is 1.53. The molecule has 19 heavy (non-hydrogen) atoms. The number of aromatic nitrogens is 1. The molecule has 1 rings (SSSR count). The molecule has 7 heteroatoms. The molecule has 0 saturated carbocycles. The molecule has 106 valence electrons. The molecule has 0 atom stereocenters. The summed E-state index contributed by atoms with van der Waals surface area (Å²) in [6, 6.07) is -0.613. The van der Waals surface area contributed by atoms with E-state index < -0.39 is 12.0 Å². The molecule has 1 aromatic rings. The van der Waals surface area contributed by atoms with Crippen molar-refractivity contribution in [3.63, 3.8) is 0 Å². The molecule has 2 N–H and O–H groups in total. The van der Waals surface area contributed by atoms with Crippen molar-refractivity contribution in [2.75, 3.05) is 6.54 Å². The predicted molar refractivity (Wildman–Crippen MR) is 67.7 cm³/mol. The highest BCUT2D eigenvalue weighted by Crippen LogP contribution is 2.11. The van der Waals surface area contributed by atoms with Gasteiger partial charge in [-0.1, -0.05) is 5.16 Å². The van der Waals surface area contributed by atoms with Crippen molar-refractivity contribution in [3.05, 3.63) is 17.0 Å². The number of urea groups is 1. The second kappa shape index (κ2) is 6.21. The number of aliphatic carboxylic acids is 1. The van der Waals surface area contributed by atoms with Crippen LogP contribution in [0, 0.1) is 13.8 Å². The van der Waals surface area contributed by atoms with E-state index in [4.69, 9.17) is 9.63 Å². The van der Waals surface area contributed by atoms with Crippen molar-refractivity contribution in [1.82, 2.24) is 15.4 Å². The van der Waals surface area contributed by atoms with Crippen molar-refractivity contribution < 1.29 is 19.2 Å². The van der Waals surface area contributed by atoms with Gasteiger partial charge in [-0.15, -0.1) is 0 Å². The molecule has 0 fully saturated rings. The normalized spacial score (nSPS) is 10.6. The van der Waals surface area contributed by atoms with Crippen LogP contribution in [-0.4, -0.2) is 39.8 Å². The lowest BCUT2D eigenvalue weighted by Gasteiger charge is -2.25. The molecule has 7 nitrogen and oxygen atoms in total. The molecular weight excluding hydrogens is 250 g/mol. The molecule has 2 amide bonds. The van der Waals surface area contributed by atoms with E-state index in [9.17, 15) is 9.59 Å². The van der Waals surface area contributed by atoms with E-state index in [0.717, 1.165) is 5.56 Å². The van der Waals surface area contributed by atoms with E-state index in [1.165, 1.54) is 4.90 Å². The molecule has 0 aromatic carbocycles. The van der Waals surface area contributed by atoms with Crippen LogP contribution in [0.25, 0.3) is 0 Å². The fraction of sp³-hybridized carbons (Fsp3) is 0.583. The molecule has 1 aromatic heterocycles. The van der Waals surface area contributed by atoms with Gasteiger partial charge in [0.1, 0.15) is 12.3 Å². The summed E-state index contributed by atoms with van der Waals surface area (Å²) in [6.07, 6.45) is 0. The zero-order chi connectivity index (χ0) is 14.6. The highest BCUT2D eigenvalue weighted by molar-refractivity contribution is 5.80. The highest BCUT2D eigenvalue weighted by atomic mass is 16.5. The largest absolute Gasteiger partial charge is 0.480 e. The number of carbonyl (C=O) groups is 2. The minimum atomic E-state index is -1.04. The molecule has 1 heterocycles. The average molecular weight is 269 g/mol. The summed E-state index contributed by atoms with van der Waals surface area (Å²) in [6.45, 7) is 7.01. The Labute approximate surface area is 111 Å². The quantitative estimate of drug-likeness (QED) is 0.839. The van der Waals surface area contributed by atoms with E-state index >= 15 is 0 Å². The van der Waals surface area contributed by atoms with E-state index in [-0.39, 0.29) is 19.1 Å². The summed E-state index contributed by atoms with van der Waals surface area (Å²) >= 11 is 0. The van der Waals surface area contributed by atoms with Crippen LogP contribution in [0.2, 0.25) is 0 Å². The number of hydrogen-bond donors (Lipinski definition) is 2. The number of aryl methyl sites for hydroxylation is 2. The standard InChI is InChI=1S/C12H19N3O4/c1-7(2)15(6-11(16)17)12(18)13-5-10-8(3)14-19-9(10)4/h7H,5-6H2,1-4H3,(H,13,18)(H,16,17). The summed E-state index contributed by atoms with van der Waals surface area (Å²) in [7, 11) is 0. The van der Waals surface area contributed by atoms with Crippen LogP contribution in [0.3, 0.4) is 0 Å². The molecule has 0 unspecified atom stereocenters. The van der Waals surface area contributed by atoms with Gasteiger partial charge in [-0.05, 0) is 27.7 Å². The molecule has 0 aliphatic rings. The molecule has 0 aliphatic carbocycles. The first-order valence-electron chi connectivity index (χ1n) is 6.01. The monoisotopic (exact) mass is 269 g/mol. The third-order valence-electron chi connectivity index (χ3n) is 2.79. The van der Waals surface area contributed by atoms with Gasteiger partial charge in [0.25, 0.3) is 0 Å². The molecule has 0 bridgehead atoms. The Kier molecular flexibility index (Phi) is 4.91. The van der Waals surface area contributed by atoms with Crippen molar-refractivity contribution in [3.8, 4) is 0 Å². The zero-order valence-electron chi connectivity index (χ0n) is 11.6. The van der Waals surface area contributed by atoms with Gasteiger partial charge in [0.05, 0.1) is 5.69 Å². The van der Waals surface area contributed by atoms with E-state index in [0.29, 0.717) is 11.5 Å². The second-order valence-electron chi connectivity index (χ2n) is 4.58. The third kappa shape index (κ3) is 3.97. The van der Waals surface area contributed by atoms with Crippen LogP contribution in [0.4, 0.5) is 4.79 Å². The SMILES string of the molecule is Cc1noc(C)c1CNC(=O)N(CC(=O)O)C(C)C. The maximum atomic E-state index is 11.9. The zero-order valence-corrected chi connectivity index (χ0v) is 11.6. The average Bonchev–Trinajstić information content (AvgIpc) is 2.62. The Morgan fingerprint density at radius 3 is 2.47 bits per heavy atom. The highest BCUT2D eigenvalue weighted by Gasteiger charge is 2.20. The van der Waals surface area contributed by atoms with Crippen molar-refractivity contribution in [2.24, 2.45) is 0 Å². The van der Waals surface area contributed by atoms with Gasteiger partial charge in [-0.25, -0.2) is 4.79 Å². The number of carboxylic acids is 1. The number of carbonyl (C=O) groups excluding carboxylic acids is 1. The lowest BCUT2D eigenvalue weighted by atomic mass is 10.2. The van der Waals surface area contributed by atoms with Crippen LogP contribution in [0.1, 0.15) is 30.9 Å². The van der Waals surface area contributed by atoms with Crippen molar-refractivity contribution in [2.45, 2.75) is 40.3 Å². The summed E-state index contributed by atoms with van der Waals surface area (Å²) < 4.78 is 4.99. The topological polar surface area (TPSA) is 95.7 Å². The second-order valence-corrected chi connectivity index (χ2v) is 4.58. The fourth-order valence-corrected chi connectivity index (χ4v) is 1.65. The summed E-state index contributed by atoms with van der Waals surface area (Å²) in [5.74, 6) is -0.395. The number of nitrogens with one attached hydrogen (secondary N) is 1. The van der Waals surface area contributed by atoms with Crippen molar-refractivity contribution in [1.29, 1.82) is 0 Å². The predicted octanol–water partition coefficient (Wildman–Crippen LogP) is 1.30. The Bertz CT molecular complexity index is 448. The van der Waals surface area contributed by atoms with Crippen LogP contribution in [-0.2, 0) is 11.3 Å². The number of hydrogen-bond acceptors (Lipinski definition) is 4. The van der Waals surface area contributed by atoms with Crippen LogP contribution >= 0.6 is 0 Å². The summed E-state index contributed by atoms with van der Waals surface area (Å²) in [4.78, 5) is 23.9. The minimum Gasteiger partial charge on any atom is -0.480 e. The van der Waals surface area contributed by atoms with E-state index in [2.05, 4.69) is 10.5 Å². The number of nitrogens with zero attached hydrogens (tertiary/aromatic N) is 2. The fourth-order valence-electron chi connectivity index (χ4n) is 1.65. The Hall–Kier alpha value is -2.05. The number of amides is 2. The molecule has 0 radical (unpaired) electrons. The van der Waals surface area contributed by atoms with Gasteiger partial charge in [0, 0.05) is 18.2 Å². The Morgan fingerprint density at radius 2 is 2.05 bits per heavy atom. The first-order valence-corrected chi connectivity index (χ1v) is 6.01. The maximum Gasteiger partial charge on any atom is 0.323 e. The smallest absolute Gasteiger partial charge is 0.323 e. The first-order chi connectivity index (χ1) is 8.82. The summed E-state index contributed by atoms with van der Waals surface area (Å²) in [5, 5.41) is 15.2. The van der Waals surface area contributed by atoms with Gasteiger partial charge in [-0.3, -0.25) is 4.79 Å². The van der Waals surface area contributed by atoms with E-state index in [1.54, 1.807) is 27.7 Å². The molecular formula is C12H19N3O4. The van der Waals surface area contributed by atoms with Crippen LogP contribution in [0.15, 0.2) is 4.52 Å². The first kappa shape index (κ1) is 15.0. The maximum absolute atomic E-state index is 11.9.